The molecule has 1 heterocycles. The highest BCUT2D eigenvalue weighted by atomic mass is 16.5. The van der Waals surface area contributed by atoms with E-state index in [0.717, 1.165) is 31.5 Å². The highest BCUT2D eigenvalue weighted by Crippen LogP contribution is 2.54. The number of carbonyl (C=O) groups excluding carboxylic acids is 3. The molecule has 1 amide bonds. The van der Waals surface area contributed by atoms with E-state index in [2.05, 4.69) is 11.8 Å². The van der Waals surface area contributed by atoms with Crippen molar-refractivity contribution in [1.29, 1.82) is 0 Å². The molecule has 5 rings (SSSR count). The Morgan fingerprint density at radius 3 is 2.55 bits per heavy atom. The summed E-state index contributed by atoms with van der Waals surface area (Å²) in [5.74, 6) is -6.13. The summed E-state index contributed by atoms with van der Waals surface area (Å²) in [5.41, 5.74) is 3.03. The largest absolute Gasteiger partial charge is 0.510 e. The van der Waals surface area contributed by atoms with Crippen molar-refractivity contribution >= 4 is 17.5 Å². The van der Waals surface area contributed by atoms with E-state index in [-0.39, 0.29) is 35.8 Å². The maximum Gasteiger partial charge on any atom is 0.255 e. The van der Waals surface area contributed by atoms with Crippen molar-refractivity contribution in [1.82, 2.24) is 9.80 Å². The molecule has 40 heavy (non-hydrogen) atoms. The van der Waals surface area contributed by atoms with E-state index in [0.29, 0.717) is 17.9 Å². The van der Waals surface area contributed by atoms with Crippen LogP contribution >= 0.6 is 0 Å². The van der Waals surface area contributed by atoms with Gasteiger partial charge in [0.2, 0.25) is 5.78 Å². The minimum atomic E-state index is -2.66. The number of fused-ring (bicyclic) bond motifs is 3. The van der Waals surface area contributed by atoms with Crippen LogP contribution in [0.5, 0.6) is 11.5 Å². The van der Waals surface area contributed by atoms with Gasteiger partial charge in [0.1, 0.15) is 28.6 Å². The van der Waals surface area contributed by atoms with Gasteiger partial charge in [0.15, 0.2) is 11.4 Å². The monoisotopic (exact) mass is 555 g/mol. The number of hydrogen-bond donors (Lipinski definition) is 5. The van der Waals surface area contributed by atoms with E-state index in [1.807, 2.05) is 0 Å². The number of rotatable bonds is 6. The Morgan fingerprint density at radius 2 is 1.95 bits per heavy atom. The quantitative estimate of drug-likeness (QED) is 0.325. The number of aromatic hydroxyl groups is 1. The Balaban J connectivity index is 1.70. The van der Waals surface area contributed by atoms with Gasteiger partial charge in [-0.3, -0.25) is 24.2 Å². The zero-order valence-corrected chi connectivity index (χ0v) is 23.2. The lowest BCUT2D eigenvalue weighted by Gasteiger charge is -2.50. The molecule has 1 saturated heterocycles. The molecule has 1 aliphatic heterocycles. The molecular formula is C29H37N3O8. The third-order valence-electron chi connectivity index (χ3n) is 9.45. The molecule has 11 heteroatoms. The van der Waals surface area contributed by atoms with Crippen LogP contribution in [0.15, 0.2) is 28.7 Å². The van der Waals surface area contributed by atoms with Crippen LogP contribution in [0.3, 0.4) is 0 Å². The third-order valence-corrected chi connectivity index (χ3v) is 9.45. The average molecular weight is 556 g/mol. The maximum atomic E-state index is 13.9. The highest BCUT2D eigenvalue weighted by molar-refractivity contribution is 6.24. The molecule has 11 nitrogen and oxygen atoms in total. The molecule has 0 bridgehead atoms. The fraction of sp³-hybridized carbons (Fsp3) is 0.552. The lowest BCUT2D eigenvalue weighted by atomic mass is 9.58. The van der Waals surface area contributed by atoms with Crippen LogP contribution in [-0.2, 0) is 16.0 Å². The number of primary amides is 1. The van der Waals surface area contributed by atoms with Crippen molar-refractivity contribution in [2.24, 2.45) is 17.6 Å². The Labute approximate surface area is 232 Å². The number of allylic oxidation sites excluding steroid dienone is 1. The zero-order chi connectivity index (χ0) is 29.3. The van der Waals surface area contributed by atoms with Gasteiger partial charge < -0.3 is 30.9 Å². The summed E-state index contributed by atoms with van der Waals surface area (Å²) < 4.78 is 5.86. The van der Waals surface area contributed by atoms with E-state index in [4.69, 9.17) is 10.5 Å². The van der Waals surface area contributed by atoms with E-state index < -0.39 is 58.0 Å². The minimum absolute atomic E-state index is 0.0147. The van der Waals surface area contributed by atoms with Gasteiger partial charge in [-0.05, 0) is 64.3 Å². The van der Waals surface area contributed by atoms with Gasteiger partial charge in [0.25, 0.3) is 5.91 Å². The second kappa shape index (κ2) is 9.90. The summed E-state index contributed by atoms with van der Waals surface area (Å²) in [4.78, 5) is 43.6. The van der Waals surface area contributed by atoms with Gasteiger partial charge in [0.05, 0.1) is 18.7 Å². The van der Waals surface area contributed by atoms with E-state index in [1.165, 1.54) is 13.2 Å². The van der Waals surface area contributed by atoms with Gasteiger partial charge in [-0.2, -0.15) is 0 Å². The molecule has 3 aliphatic carbocycles. The van der Waals surface area contributed by atoms with Crippen LogP contribution in [0.2, 0.25) is 0 Å². The Morgan fingerprint density at radius 1 is 1.25 bits per heavy atom. The van der Waals surface area contributed by atoms with Gasteiger partial charge in [-0.25, -0.2) is 0 Å². The topological polar surface area (TPSA) is 174 Å². The predicted molar refractivity (Wildman–Crippen MR) is 144 cm³/mol. The average Bonchev–Trinajstić information content (AvgIpc) is 3.39. The first-order valence-corrected chi connectivity index (χ1v) is 13.8. The van der Waals surface area contributed by atoms with Crippen LogP contribution in [0.4, 0.5) is 0 Å². The Kier molecular flexibility index (Phi) is 6.96. The number of phenols is 1. The van der Waals surface area contributed by atoms with Crippen LogP contribution in [0.1, 0.15) is 60.6 Å². The number of aliphatic hydroxyl groups excluding tert-OH is 2. The summed E-state index contributed by atoms with van der Waals surface area (Å²) >= 11 is 0. The van der Waals surface area contributed by atoms with Crippen molar-refractivity contribution in [2.45, 2.75) is 57.2 Å². The molecule has 0 saturated carbocycles. The van der Waals surface area contributed by atoms with Gasteiger partial charge in [-0.1, -0.05) is 13.8 Å². The number of hydrogen-bond acceptors (Lipinski definition) is 10. The van der Waals surface area contributed by atoms with Crippen LogP contribution in [0, 0.1) is 11.8 Å². The van der Waals surface area contributed by atoms with E-state index in [1.54, 1.807) is 18.9 Å². The van der Waals surface area contributed by atoms with Crippen molar-refractivity contribution in [2.75, 3.05) is 33.8 Å². The normalized spacial score (nSPS) is 30.4. The fourth-order valence-corrected chi connectivity index (χ4v) is 7.48. The first kappa shape index (κ1) is 28.1. The molecule has 6 N–H and O–H groups in total. The summed E-state index contributed by atoms with van der Waals surface area (Å²) in [6.45, 7) is 5.98. The fourth-order valence-electron chi connectivity index (χ4n) is 7.48. The molecule has 5 atom stereocenters. The summed E-state index contributed by atoms with van der Waals surface area (Å²) in [6.07, 6.45) is 2.10. The molecule has 0 radical (unpaired) electrons. The molecule has 4 aliphatic rings. The van der Waals surface area contributed by atoms with Crippen LogP contribution in [-0.4, -0.2) is 93.1 Å². The minimum Gasteiger partial charge on any atom is -0.510 e. The molecule has 1 aromatic carbocycles. The van der Waals surface area contributed by atoms with E-state index in [9.17, 15) is 34.8 Å². The zero-order valence-electron chi connectivity index (χ0n) is 23.2. The number of Topliss-reactive ketones (excluding diaryl/α,β-unsaturated/α-hetero) is 2. The summed E-state index contributed by atoms with van der Waals surface area (Å²) in [6, 6.07) is 0.533. The Hall–Kier alpha value is -3.41. The number of methoxy groups -OCH3 is 1. The number of likely N-dealkylation sites (N-methyl/N-ethyl adjacent to an activating group) is 1. The Bertz CT molecular complexity index is 1370. The molecule has 216 valence electrons. The van der Waals surface area contributed by atoms with Crippen molar-refractivity contribution < 1.29 is 39.5 Å². The third kappa shape index (κ3) is 3.71. The number of ketones is 2. The molecule has 0 spiro atoms. The number of aliphatic hydroxyl groups is 3. The number of likely N-dealkylation sites (tertiary alicyclic amines) is 1. The second-order valence-electron chi connectivity index (χ2n) is 11.2. The lowest BCUT2D eigenvalue weighted by molar-refractivity contribution is -0.148. The van der Waals surface area contributed by atoms with Crippen molar-refractivity contribution in [3.05, 3.63) is 45.4 Å². The molecule has 1 fully saturated rings. The number of ether oxygens (including phenoxy) is 1. The maximum absolute atomic E-state index is 13.9. The first-order valence-electron chi connectivity index (χ1n) is 13.8. The molecule has 1 unspecified atom stereocenters. The molecule has 1 aromatic rings. The number of nitrogens with zero attached hydrogens (tertiary/aromatic N) is 2. The molecular weight excluding hydrogens is 518 g/mol. The van der Waals surface area contributed by atoms with Gasteiger partial charge in [0, 0.05) is 28.7 Å². The lowest BCUT2D eigenvalue weighted by Crippen LogP contribution is -2.64. The highest BCUT2D eigenvalue weighted by Gasteiger charge is 2.63. The SMILES string of the molecule is CCN1CCCC1c1cc(O)c2c(c1OC)C[C@H]1C[C@H]3[C@H](N(C)CC)C(O)=C(C(N)=O)C(=O)[C@@]3(O)C(O)=C1C2=O. The number of carbonyl (C=O) groups is 3. The van der Waals surface area contributed by atoms with E-state index >= 15 is 0 Å². The van der Waals surface area contributed by atoms with Gasteiger partial charge in [-0.15, -0.1) is 0 Å². The number of phenolic OH excluding ortho intramolecular Hbond substituents is 1. The number of benzene rings is 1. The van der Waals surface area contributed by atoms with Gasteiger partial charge >= 0.3 is 0 Å². The summed E-state index contributed by atoms with van der Waals surface area (Å²) in [5, 5.41) is 45.5. The predicted octanol–water partition coefficient (Wildman–Crippen LogP) is 1.68. The standard InChI is InChI=1S/C29H37N3O8/c1-5-31(3)22-16-11-13-10-15-20(18(33)12-14(25(15)40-4)17-8-7-9-32(17)6-2)23(34)19(13)26(36)29(16,39)27(37)21(24(22)35)28(30)38/h12-13,16-17,22,33,35-36,39H,5-11H2,1-4H3,(H2,30,38)/t13-,16-,17?,22-,29-/m0/s1. The first-order chi connectivity index (χ1) is 18.9. The number of amides is 1. The van der Waals surface area contributed by atoms with Crippen molar-refractivity contribution in [3.63, 3.8) is 0 Å². The van der Waals surface area contributed by atoms with Crippen LogP contribution < -0.4 is 10.5 Å². The number of nitrogens with two attached hydrogens (primary N) is 1. The van der Waals surface area contributed by atoms with Crippen LogP contribution in [0.25, 0.3) is 0 Å². The van der Waals surface area contributed by atoms with Crippen molar-refractivity contribution in [3.8, 4) is 11.5 Å². The second-order valence-corrected chi connectivity index (χ2v) is 11.2. The molecule has 0 aromatic heterocycles. The summed E-state index contributed by atoms with van der Waals surface area (Å²) in [7, 11) is 3.18. The smallest absolute Gasteiger partial charge is 0.255 e.